The Labute approximate surface area is 63.3 Å². The number of fused-ring (bicyclic) bond motifs is 1. The Hall–Kier alpha value is -0.260. The van der Waals surface area contributed by atoms with Crippen molar-refractivity contribution in [2.45, 2.75) is 39.0 Å². The maximum atomic E-state index is 2.49. The van der Waals surface area contributed by atoms with Gasteiger partial charge < -0.3 is 0 Å². The fourth-order valence-corrected chi connectivity index (χ4v) is 2.79. The SMILES string of the molecule is CCC12C=CCC1CCC2. The van der Waals surface area contributed by atoms with Gasteiger partial charge in [-0.1, -0.05) is 25.5 Å². The van der Waals surface area contributed by atoms with Crippen LogP contribution in [0, 0.1) is 11.3 Å². The molecule has 0 nitrogen and oxygen atoms in total. The van der Waals surface area contributed by atoms with E-state index in [0.717, 1.165) is 5.92 Å². The van der Waals surface area contributed by atoms with Gasteiger partial charge in [0, 0.05) is 0 Å². The normalized spacial score (nSPS) is 44.3. The number of hydrogen-bond donors (Lipinski definition) is 0. The molecule has 0 saturated heterocycles. The van der Waals surface area contributed by atoms with Crippen LogP contribution < -0.4 is 0 Å². The van der Waals surface area contributed by atoms with E-state index in [0.29, 0.717) is 5.41 Å². The van der Waals surface area contributed by atoms with E-state index in [1.165, 1.54) is 32.1 Å². The van der Waals surface area contributed by atoms with Crippen molar-refractivity contribution in [2.75, 3.05) is 0 Å². The molecule has 0 aliphatic heterocycles. The van der Waals surface area contributed by atoms with Gasteiger partial charge in [-0.15, -0.1) is 0 Å². The van der Waals surface area contributed by atoms with Crippen LogP contribution in [0.2, 0.25) is 0 Å². The van der Waals surface area contributed by atoms with Crippen molar-refractivity contribution in [3.8, 4) is 0 Å². The van der Waals surface area contributed by atoms with E-state index < -0.39 is 0 Å². The van der Waals surface area contributed by atoms with Gasteiger partial charge in [0.1, 0.15) is 0 Å². The van der Waals surface area contributed by atoms with Gasteiger partial charge in [0.05, 0.1) is 0 Å². The fraction of sp³-hybridized carbons (Fsp3) is 0.800. The molecule has 2 rings (SSSR count). The Balaban J connectivity index is 2.23. The fourth-order valence-electron chi connectivity index (χ4n) is 2.79. The van der Waals surface area contributed by atoms with Gasteiger partial charge in [0.15, 0.2) is 0 Å². The van der Waals surface area contributed by atoms with Crippen LogP contribution in [0.25, 0.3) is 0 Å². The van der Waals surface area contributed by atoms with Crippen LogP contribution in [-0.2, 0) is 0 Å². The van der Waals surface area contributed by atoms with Crippen molar-refractivity contribution >= 4 is 0 Å². The molecular weight excluding hydrogens is 120 g/mol. The summed E-state index contributed by atoms with van der Waals surface area (Å²) in [4.78, 5) is 0. The zero-order valence-corrected chi connectivity index (χ0v) is 6.77. The van der Waals surface area contributed by atoms with E-state index >= 15 is 0 Å². The highest BCUT2D eigenvalue weighted by atomic mass is 14.5. The molecule has 0 aromatic heterocycles. The highest BCUT2D eigenvalue weighted by molar-refractivity contribution is 5.13. The van der Waals surface area contributed by atoms with Crippen LogP contribution in [-0.4, -0.2) is 0 Å². The second-order valence-corrected chi connectivity index (χ2v) is 3.81. The minimum absolute atomic E-state index is 0.667. The average molecular weight is 136 g/mol. The Kier molecular flexibility index (Phi) is 1.36. The Morgan fingerprint density at radius 3 is 3.20 bits per heavy atom. The zero-order valence-electron chi connectivity index (χ0n) is 6.77. The van der Waals surface area contributed by atoms with Crippen LogP contribution in [0.5, 0.6) is 0 Å². The number of allylic oxidation sites excluding steroid dienone is 2. The third-order valence-corrected chi connectivity index (χ3v) is 3.54. The van der Waals surface area contributed by atoms with E-state index in [1.807, 2.05) is 0 Å². The Bertz CT molecular complexity index is 157. The minimum atomic E-state index is 0.667. The van der Waals surface area contributed by atoms with Gasteiger partial charge in [0.25, 0.3) is 0 Å². The molecule has 2 atom stereocenters. The molecule has 2 aliphatic carbocycles. The summed E-state index contributed by atoms with van der Waals surface area (Å²) in [5, 5.41) is 0. The van der Waals surface area contributed by atoms with Crippen molar-refractivity contribution in [2.24, 2.45) is 11.3 Å². The zero-order chi connectivity index (χ0) is 7.03. The van der Waals surface area contributed by atoms with E-state index in [1.54, 1.807) is 0 Å². The molecule has 0 radical (unpaired) electrons. The lowest BCUT2D eigenvalue weighted by Gasteiger charge is -2.26. The first-order valence-corrected chi connectivity index (χ1v) is 4.55. The van der Waals surface area contributed by atoms with E-state index in [2.05, 4.69) is 19.1 Å². The lowest BCUT2D eigenvalue weighted by molar-refractivity contribution is 0.288. The van der Waals surface area contributed by atoms with Crippen LogP contribution in [0.15, 0.2) is 12.2 Å². The lowest BCUT2D eigenvalue weighted by atomic mass is 9.79. The summed E-state index contributed by atoms with van der Waals surface area (Å²) < 4.78 is 0. The molecule has 0 amide bonds. The summed E-state index contributed by atoms with van der Waals surface area (Å²) in [5.41, 5.74) is 0.667. The largest absolute Gasteiger partial charge is 0.0877 e. The summed E-state index contributed by atoms with van der Waals surface area (Å²) in [6, 6.07) is 0. The van der Waals surface area contributed by atoms with Crippen LogP contribution >= 0.6 is 0 Å². The molecular formula is C10H16. The standard InChI is InChI=1S/C10H16/c1-2-10-7-3-5-9(10)6-4-8-10/h3,7,9H,2,4-6,8H2,1H3. The molecule has 10 heavy (non-hydrogen) atoms. The summed E-state index contributed by atoms with van der Waals surface area (Å²) >= 11 is 0. The molecule has 0 aromatic carbocycles. The van der Waals surface area contributed by atoms with E-state index in [9.17, 15) is 0 Å². The summed E-state index contributed by atoms with van der Waals surface area (Å²) in [7, 11) is 0. The van der Waals surface area contributed by atoms with Crippen LogP contribution in [0.3, 0.4) is 0 Å². The molecule has 2 unspecified atom stereocenters. The lowest BCUT2D eigenvalue weighted by Crippen LogP contribution is -2.17. The maximum absolute atomic E-state index is 2.49. The second kappa shape index (κ2) is 2.11. The van der Waals surface area contributed by atoms with Gasteiger partial charge in [-0.2, -0.15) is 0 Å². The summed E-state index contributed by atoms with van der Waals surface area (Å²) in [6.45, 7) is 2.34. The predicted molar refractivity (Wildman–Crippen MR) is 43.8 cm³/mol. The molecule has 0 heteroatoms. The quantitative estimate of drug-likeness (QED) is 0.486. The molecule has 56 valence electrons. The number of hydrogen-bond acceptors (Lipinski definition) is 0. The predicted octanol–water partition coefficient (Wildman–Crippen LogP) is 3.14. The molecule has 1 saturated carbocycles. The molecule has 2 aliphatic rings. The highest BCUT2D eigenvalue weighted by Crippen LogP contribution is 2.52. The summed E-state index contributed by atoms with van der Waals surface area (Å²) in [5.74, 6) is 1.03. The first-order valence-electron chi connectivity index (χ1n) is 4.55. The topological polar surface area (TPSA) is 0 Å². The van der Waals surface area contributed by atoms with Crippen molar-refractivity contribution < 1.29 is 0 Å². The van der Waals surface area contributed by atoms with Crippen LogP contribution in [0.1, 0.15) is 39.0 Å². The van der Waals surface area contributed by atoms with Crippen molar-refractivity contribution in [3.05, 3.63) is 12.2 Å². The first kappa shape index (κ1) is 6.45. The average Bonchev–Trinajstić information content (AvgIpc) is 2.42. The first-order chi connectivity index (χ1) is 4.87. The van der Waals surface area contributed by atoms with Gasteiger partial charge in [-0.25, -0.2) is 0 Å². The van der Waals surface area contributed by atoms with E-state index in [-0.39, 0.29) is 0 Å². The van der Waals surface area contributed by atoms with Gasteiger partial charge >= 0.3 is 0 Å². The summed E-state index contributed by atoms with van der Waals surface area (Å²) in [6.07, 6.45) is 12.0. The molecule has 0 spiro atoms. The highest BCUT2D eigenvalue weighted by Gasteiger charge is 2.40. The van der Waals surface area contributed by atoms with Crippen LogP contribution in [0.4, 0.5) is 0 Å². The molecule has 0 bridgehead atoms. The van der Waals surface area contributed by atoms with Gasteiger partial charge in [-0.05, 0) is 37.0 Å². The Morgan fingerprint density at radius 2 is 2.50 bits per heavy atom. The van der Waals surface area contributed by atoms with E-state index in [4.69, 9.17) is 0 Å². The molecule has 0 heterocycles. The second-order valence-electron chi connectivity index (χ2n) is 3.81. The molecule has 0 N–H and O–H groups in total. The van der Waals surface area contributed by atoms with Crippen molar-refractivity contribution in [3.63, 3.8) is 0 Å². The number of rotatable bonds is 1. The molecule has 0 aromatic rings. The van der Waals surface area contributed by atoms with Gasteiger partial charge in [-0.3, -0.25) is 0 Å². The van der Waals surface area contributed by atoms with Crippen molar-refractivity contribution in [1.82, 2.24) is 0 Å². The maximum Gasteiger partial charge on any atom is -0.00896 e. The monoisotopic (exact) mass is 136 g/mol. The minimum Gasteiger partial charge on any atom is -0.0877 e. The third kappa shape index (κ3) is 0.680. The third-order valence-electron chi connectivity index (χ3n) is 3.54. The Morgan fingerprint density at radius 1 is 1.60 bits per heavy atom. The van der Waals surface area contributed by atoms with Gasteiger partial charge in [0.2, 0.25) is 0 Å². The van der Waals surface area contributed by atoms with Crippen molar-refractivity contribution in [1.29, 1.82) is 0 Å². The molecule has 1 fully saturated rings. The smallest absolute Gasteiger partial charge is 0.00896 e.